The Bertz CT molecular complexity index is 1970. The number of aliphatic hydroxyl groups is 1. The number of esters is 1. The van der Waals surface area contributed by atoms with E-state index in [2.05, 4.69) is 113 Å². The number of carbonyl (C=O) groups excluding carboxylic acids is 1. The SMILES string of the molecule is CC[C@H]1C=CC(=O)O[C@@H]1/C=C/[C@](O)(CCOC(c1ccccc1)(c1ccccc1)c1ccccc1)[C@@H](CCO[Si](c1ccccc1)(c1ccccc1)C(C)(C)C)OCOC. The van der Waals surface area contributed by atoms with Gasteiger partial charge in [0.1, 0.15) is 24.1 Å². The highest BCUT2D eigenvalue weighted by molar-refractivity contribution is 6.99. The second-order valence-electron chi connectivity index (χ2n) is 16.4. The van der Waals surface area contributed by atoms with Crippen LogP contribution in [0.1, 0.15) is 63.6 Å². The van der Waals surface area contributed by atoms with Crippen molar-refractivity contribution in [3.8, 4) is 0 Å². The quantitative estimate of drug-likeness (QED) is 0.0276. The van der Waals surface area contributed by atoms with Gasteiger partial charge < -0.3 is 28.5 Å². The van der Waals surface area contributed by atoms with Crippen molar-refractivity contribution in [3.05, 3.63) is 193 Å². The fourth-order valence-electron chi connectivity index (χ4n) is 8.58. The molecule has 0 spiro atoms. The highest BCUT2D eigenvalue weighted by atomic mass is 28.4. The normalized spacial score (nSPS) is 17.6. The minimum Gasteiger partial charge on any atom is -0.454 e. The van der Waals surface area contributed by atoms with Gasteiger partial charge in [-0.15, -0.1) is 0 Å². The topological polar surface area (TPSA) is 83.5 Å². The molecule has 0 saturated heterocycles. The van der Waals surface area contributed by atoms with Crippen molar-refractivity contribution in [1.29, 1.82) is 0 Å². The van der Waals surface area contributed by atoms with E-state index in [0.29, 0.717) is 13.0 Å². The molecule has 0 aromatic heterocycles. The maximum absolute atomic E-state index is 13.1. The minimum atomic E-state index is -2.91. The van der Waals surface area contributed by atoms with Gasteiger partial charge in [-0.3, -0.25) is 0 Å². The Morgan fingerprint density at radius 3 is 1.67 bits per heavy atom. The Labute approximate surface area is 357 Å². The van der Waals surface area contributed by atoms with Crippen molar-refractivity contribution < 1.29 is 33.3 Å². The van der Waals surface area contributed by atoms with Crippen molar-refractivity contribution in [1.82, 2.24) is 0 Å². The fraction of sp³-hybridized carbons (Fsp3) is 0.327. The average molecular weight is 825 g/mol. The van der Waals surface area contributed by atoms with Crippen LogP contribution >= 0.6 is 0 Å². The van der Waals surface area contributed by atoms with Crippen molar-refractivity contribution in [3.63, 3.8) is 0 Å². The summed E-state index contributed by atoms with van der Waals surface area (Å²) in [5, 5.41) is 15.2. The predicted molar refractivity (Wildman–Crippen MR) is 242 cm³/mol. The van der Waals surface area contributed by atoms with Gasteiger partial charge in [0.15, 0.2) is 0 Å². The molecule has 5 aromatic carbocycles. The maximum Gasteiger partial charge on any atom is 0.331 e. The second-order valence-corrected chi connectivity index (χ2v) is 20.7. The Kier molecular flexibility index (Phi) is 15.3. The second kappa shape index (κ2) is 20.6. The average Bonchev–Trinajstić information content (AvgIpc) is 3.28. The summed E-state index contributed by atoms with van der Waals surface area (Å²) in [7, 11) is -1.34. The number of hydrogen-bond donors (Lipinski definition) is 1. The van der Waals surface area contributed by atoms with Crippen LogP contribution in [0.2, 0.25) is 5.04 Å². The molecular formula is C52H60O7Si. The summed E-state index contributed by atoms with van der Waals surface area (Å²) in [5.74, 6) is -0.455. The lowest BCUT2D eigenvalue weighted by atomic mass is 9.80. The Hall–Kier alpha value is -4.93. The van der Waals surface area contributed by atoms with E-state index >= 15 is 0 Å². The molecule has 1 N–H and O–H groups in total. The molecule has 0 bridgehead atoms. The van der Waals surface area contributed by atoms with Gasteiger partial charge in [-0.2, -0.15) is 0 Å². The van der Waals surface area contributed by atoms with Crippen LogP contribution in [-0.2, 0) is 33.8 Å². The lowest BCUT2D eigenvalue weighted by Crippen LogP contribution is -2.66. The van der Waals surface area contributed by atoms with Crippen molar-refractivity contribution >= 4 is 24.7 Å². The predicted octanol–water partition coefficient (Wildman–Crippen LogP) is 9.14. The highest BCUT2D eigenvalue weighted by Gasteiger charge is 2.50. The zero-order valence-corrected chi connectivity index (χ0v) is 36.6. The summed E-state index contributed by atoms with van der Waals surface area (Å²) >= 11 is 0. The first-order chi connectivity index (χ1) is 29.1. The number of rotatable bonds is 20. The number of carbonyl (C=O) groups is 1. The monoisotopic (exact) mass is 824 g/mol. The Balaban J connectivity index is 1.39. The summed E-state index contributed by atoms with van der Waals surface area (Å²) in [5.41, 5.74) is 0.257. The highest BCUT2D eigenvalue weighted by Crippen LogP contribution is 2.42. The van der Waals surface area contributed by atoms with Crippen molar-refractivity contribution in [2.45, 2.75) is 75.4 Å². The zero-order chi connectivity index (χ0) is 42.5. The van der Waals surface area contributed by atoms with Crippen LogP contribution in [0.5, 0.6) is 0 Å². The van der Waals surface area contributed by atoms with Gasteiger partial charge in [-0.25, -0.2) is 4.79 Å². The van der Waals surface area contributed by atoms with E-state index < -0.39 is 37.7 Å². The number of hydrogen-bond acceptors (Lipinski definition) is 7. The number of cyclic esters (lactones) is 1. The molecule has 314 valence electrons. The van der Waals surface area contributed by atoms with E-state index in [0.717, 1.165) is 23.1 Å². The van der Waals surface area contributed by atoms with E-state index in [9.17, 15) is 9.90 Å². The van der Waals surface area contributed by atoms with Crippen LogP contribution in [0.3, 0.4) is 0 Å². The molecule has 0 unspecified atom stereocenters. The molecule has 1 heterocycles. The molecule has 6 rings (SSSR count). The van der Waals surface area contributed by atoms with Crippen LogP contribution in [0.15, 0.2) is 176 Å². The molecule has 60 heavy (non-hydrogen) atoms. The summed E-state index contributed by atoms with van der Waals surface area (Å²) in [4.78, 5) is 12.5. The maximum atomic E-state index is 13.1. The van der Waals surface area contributed by atoms with Gasteiger partial charge in [-0.1, -0.05) is 192 Å². The Morgan fingerprint density at radius 1 is 0.733 bits per heavy atom. The molecular weight excluding hydrogens is 765 g/mol. The lowest BCUT2D eigenvalue weighted by molar-refractivity contribution is -0.152. The fourth-order valence-corrected chi connectivity index (χ4v) is 13.2. The van der Waals surface area contributed by atoms with Crippen LogP contribution < -0.4 is 10.4 Å². The summed E-state index contributed by atoms with van der Waals surface area (Å²) in [6.07, 6.45) is 6.77. The van der Waals surface area contributed by atoms with Crippen molar-refractivity contribution in [2.24, 2.45) is 5.92 Å². The standard InChI is InChI=1S/C52H60O7Si/c1-6-41-32-33-49(53)59-47(41)34-36-51(54,37-39-57-52(42-22-12-7-13-23-42,43-24-14-8-15-25-43)44-26-16-9-17-27-44)48(56-40-55-5)35-38-58-60(50(2,3)4,45-28-18-10-19-29-45)46-30-20-11-21-31-46/h7-34,36,41,47-48,54H,6,35,37-40H2,1-5H3/b36-34+/t41-,47+,48+,51-/m0/s1. The van der Waals surface area contributed by atoms with Gasteiger partial charge in [-0.05, 0) is 51.0 Å². The summed E-state index contributed by atoms with van der Waals surface area (Å²) < 4.78 is 32.3. The van der Waals surface area contributed by atoms with Crippen LogP contribution in [0.4, 0.5) is 0 Å². The van der Waals surface area contributed by atoms with Gasteiger partial charge in [0.2, 0.25) is 0 Å². The molecule has 7 nitrogen and oxygen atoms in total. The summed E-state index contributed by atoms with van der Waals surface area (Å²) in [6, 6.07) is 51.6. The van der Waals surface area contributed by atoms with Crippen molar-refractivity contribution in [2.75, 3.05) is 27.1 Å². The van der Waals surface area contributed by atoms with E-state index in [1.165, 1.54) is 16.4 Å². The number of benzene rings is 5. The molecule has 1 aliphatic rings. The first kappa shape index (κ1) is 44.6. The first-order valence-electron chi connectivity index (χ1n) is 21.0. The van der Waals surface area contributed by atoms with Crippen LogP contribution in [0.25, 0.3) is 0 Å². The molecule has 5 aromatic rings. The molecule has 0 fully saturated rings. The molecule has 0 saturated carbocycles. The lowest BCUT2D eigenvalue weighted by Gasteiger charge is -2.43. The molecule has 8 heteroatoms. The third-order valence-electron chi connectivity index (χ3n) is 11.6. The van der Waals surface area contributed by atoms with E-state index in [4.69, 9.17) is 23.4 Å². The third-order valence-corrected chi connectivity index (χ3v) is 16.7. The number of methoxy groups -OCH3 is 1. The van der Waals surface area contributed by atoms with E-state index in [-0.39, 0.29) is 30.8 Å². The molecule has 1 aliphatic heterocycles. The molecule has 0 aliphatic carbocycles. The minimum absolute atomic E-state index is 0.0434. The zero-order valence-electron chi connectivity index (χ0n) is 35.6. The smallest absolute Gasteiger partial charge is 0.331 e. The first-order valence-corrected chi connectivity index (χ1v) is 22.9. The third kappa shape index (κ3) is 9.98. The van der Waals surface area contributed by atoms with Gasteiger partial charge >= 0.3 is 5.97 Å². The molecule has 0 amide bonds. The Morgan fingerprint density at radius 2 is 1.22 bits per heavy atom. The van der Waals surface area contributed by atoms with E-state index in [1.807, 2.05) is 72.8 Å². The van der Waals surface area contributed by atoms with Gasteiger partial charge in [0.05, 0.1) is 12.7 Å². The molecule has 0 radical (unpaired) electrons. The molecule has 4 atom stereocenters. The van der Waals surface area contributed by atoms with Crippen LogP contribution in [-0.4, -0.2) is 64.3 Å². The largest absolute Gasteiger partial charge is 0.454 e. The van der Waals surface area contributed by atoms with Gasteiger partial charge in [0.25, 0.3) is 8.32 Å². The summed E-state index contributed by atoms with van der Waals surface area (Å²) in [6.45, 7) is 9.16. The van der Waals surface area contributed by atoms with Gasteiger partial charge in [0, 0.05) is 32.1 Å². The van der Waals surface area contributed by atoms with Crippen LogP contribution in [0, 0.1) is 5.92 Å². The van der Waals surface area contributed by atoms with E-state index in [1.54, 1.807) is 19.3 Å². The number of ether oxygens (including phenoxy) is 4.